The first kappa shape index (κ1) is 16.2. The standard InChI is InChI=1S/C19H18FNO3/c1-11-4-7-16-18(8-11)24-13(3)19(23)21(16)10-17(22)14-5-6-15(20)12(2)9-14/h4-9,13H,10H2,1-3H3. The van der Waals surface area contributed by atoms with Crippen LogP contribution in [-0.4, -0.2) is 24.3 Å². The molecule has 0 spiro atoms. The van der Waals surface area contributed by atoms with Crippen LogP contribution in [0.2, 0.25) is 0 Å². The normalized spacial score (nSPS) is 16.6. The van der Waals surface area contributed by atoms with Crippen molar-refractivity contribution in [3.8, 4) is 5.75 Å². The third kappa shape index (κ3) is 2.89. The van der Waals surface area contributed by atoms with E-state index in [0.29, 0.717) is 22.6 Å². The van der Waals surface area contributed by atoms with Crippen molar-refractivity contribution < 1.29 is 18.7 Å². The Morgan fingerprint density at radius 1 is 1.21 bits per heavy atom. The maximum absolute atomic E-state index is 13.4. The van der Waals surface area contributed by atoms with Crippen LogP contribution in [0.1, 0.15) is 28.4 Å². The number of hydrogen-bond donors (Lipinski definition) is 0. The first-order valence-electron chi connectivity index (χ1n) is 7.75. The molecule has 0 fully saturated rings. The van der Waals surface area contributed by atoms with E-state index in [4.69, 9.17) is 4.74 Å². The molecule has 1 atom stereocenters. The molecular weight excluding hydrogens is 309 g/mol. The summed E-state index contributed by atoms with van der Waals surface area (Å²) in [5, 5.41) is 0. The smallest absolute Gasteiger partial charge is 0.268 e. The Morgan fingerprint density at radius 2 is 1.96 bits per heavy atom. The lowest BCUT2D eigenvalue weighted by Crippen LogP contribution is -2.46. The summed E-state index contributed by atoms with van der Waals surface area (Å²) in [5.41, 5.74) is 2.37. The quantitative estimate of drug-likeness (QED) is 0.811. The summed E-state index contributed by atoms with van der Waals surface area (Å²) in [6, 6.07) is 9.70. The molecule has 3 rings (SSSR count). The molecule has 0 N–H and O–H groups in total. The van der Waals surface area contributed by atoms with Crippen molar-refractivity contribution in [2.45, 2.75) is 26.9 Å². The number of benzene rings is 2. The number of amides is 1. The topological polar surface area (TPSA) is 46.6 Å². The van der Waals surface area contributed by atoms with Crippen LogP contribution in [0.3, 0.4) is 0 Å². The first-order valence-corrected chi connectivity index (χ1v) is 7.75. The van der Waals surface area contributed by atoms with Crippen LogP contribution in [0.25, 0.3) is 0 Å². The number of aryl methyl sites for hydroxylation is 2. The zero-order chi connectivity index (χ0) is 17.4. The number of anilines is 1. The van der Waals surface area contributed by atoms with Gasteiger partial charge in [0.2, 0.25) is 0 Å². The Labute approximate surface area is 139 Å². The Balaban J connectivity index is 1.92. The van der Waals surface area contributed by atoms with Gasteiger partial charge >= 0.3 is 0 Å². The van der Waals surface area contributed by atoms with Gasteiger partial charge in [0.05, 0.1) is 12.2 Å². The summed E-state index contributed by atoms with van der Waals surface area (Å²) < 4.78 is 19.0. The zero-order valence-corrected chi connectivity index (χ0v) is 13.8. The molecule has 124 valence electrons. The van der Waals surface area contributed by atoms with E-state index in [9.17, 15) is 14.0 Å². The van der Waals surface area contributed by atoms with Crippen LogP contribution in [0, 0.1) is 19.7 Å². The molecule has 2 aromatic rings. The molecule has 5 heteroatoms. The van der Waals surface area contributed by atoms with Crippen molar-refractivity contribution in [2.24, 2.45) is 0 Å². The van der Waals surface area contributed by atoms with Gasteiger partial charge in [0.15, 0.2) is 11.9 Å². The fraction of sp³-hybridized carbons (Fsp3) is 0.263. The molecule has 1 amide bonds. The van der Waals surface area contributed by atoms with Gasteiger partial charge in [-0.15, -0.1) is 0 Å². The van der Waals surface area contributed by atoms with Gasteiger partial charge in [-0.05, 0) is 62.2 Å². The molecule has 24 heavy (non-hydrogen) atoms. The molecule has 0 aromatic heterocycles. The number of halogens is 1. The molecule has 0 saturated heterocycles. The SMILES string of the molecule is Cc1ccc2c(c1)OC(C)C(=O)N2CC(=O)c1ccc(F)c(C)c1. The van der Waals surface area contributed by atoms with Crippen molar-refractivity contribution in [3.63, 3.8) is 0 Å². The van der Waals surface area contributed by atoms with E-state index < -0.39 is 6.10 Å². The second kappa shape index (κ2) is 6.07. The van der Waals surface area contributed by atoms with E-state index in [1.807, 2.05) is 19.1 Å². The van der Waals surface area contributed by atoms with E-state index in [2.05, 4.69) is 0 Å². The van der Waals surface area contributed by atoms with Crippen LogP contribution in [0.5, 0.6) is 5.75 Å². The van der Waals surface area contributed by atoms with E-state index in [1.165, 1.54) is 23.1 Å². The van der Waals surface area contributed by atoms with Gasteiger partial charge in [0.1, 0.15) is 11.6 Å². The molecule has 0 bridgehead atoms. The van der Waals surface area contributed by atoms with Crippen LogP contribution in [0.15, 0.2) is 36.4 Å². The molecule has 0 aliphatic carbocycles. The van der Waals surface area contributed by atoms with Gasteiger partial charge < -0.3 is 4.74 Å². The van der Waals surface area contributed by atoms with E-state index in [0.717, 1.165) is 5.56 Å². The minimum atomic E-state index is -0.651. The van der Waals surface area contributed by atoms with Crippen LogP contribution in [-0.2, 0) is 4.79 Å². The number of carbonyl (C=O) groups excluding carboxylic acids is 2. The summed E-state index contributed by atoms with van der Waals surface area (Å²) in [5.74, 6) is -0.278. The predicted molar refractivity (Wildman–Crippen MR) is 89.1 cm³/mol. The van der Waals surface area contributed by atoms with Gasteiger partial charge in [-0.25, -0.2) is 4.39 Å². The Hall–Kier alpha value is -2.69. The Morgan fingerprint density at radius 3 is 2.67 bits per heavy atom. The maximum Gasteiger partial charge on any atom is 0.268 e. The molecular formula is C19H18FNO3. The van der Waals surface area contributed by atoms with Gasteiger partial charge in [-0.3, -0.25) is 14.5 Å². The number of hydrogen-bond acceptors (Lipinski definition) is 3. The third-order valence-corrected chi connectivity index (χ3v) is 4.11. The number of rotatable bonds is 3. The number of fused-ring (bicyclic) bond motifs is 1. The number of ether oxygens (including phenoxy) is 1. The molecule has 1 unspecified atom stereocenters. The second-order valence-electron chi connectivity index (χ2n) is 6.04. The van der Waals surface area contributed by atoms with E-state index in [1.54, 1.807) is 19.9 Å². The monoisotopic (exact) mass is 327 g/mol. The fourth-order valence-electron chi connectivity index (χ4n) is 2.73. The largest absolute Gasteiger partial charge is 0.479 e. The highest BCUT2D eigenvalue weighted by Crippen LogP contribution is 2.34. The minimum absolute atomic E-state index is 0.104. The second-order valence-corrected chi connectivity index (χ2v) is 6.04. The number of carbonyl (C=O) groups is 2. The van der Waals surface area contributed by atoms with Crippen molar-refractivity contribution in [3.05, 3.63) is 58.9 Å². The molecule has 0 radical (unpaired) electrons. The lowest BCUT2D eigenvalue weighted by atomic mass is 10.1. The average molecular weight is 327 g/mol. The van der Waals surface area contributed by atoms with Crippen molar-refractivity contribution >= 4 is 17.4 Å². The number of ketones is 1. The molecule has 0 saturated carbocycles. The zero-order valence-electron chi connectivity index (χ0n) is 13.8. The van der Waals surface area contributed by atoms with Crippen LogP contribution < -0.4 is 9.64 Å². The summed E-state index contributed by atoms with van der Waals surface area (Å²) in [6.45, 7) is 5.09. The Bertz CT molecular complexity index is 831. The lowest BCUT2D eigenvalue weighted by Gasteiger charge is -2.32. The molecule has 2 aromatic carbocycles. The predicted octanol–water partition coefficient (Wildman–Crippen LogP) is 3.44. The van der Waals surface area contributed by atoms with Gasteiger partial charge in [-0.1, -0.05) is 6.07 Å². The van der Waals surface area contributed by atoms with Crippen LogP contribution in [0.4, 0.5) is 10.1 Å². The fourth-order valence-corrected chi connectivity index (χ4v) is 2.73. The van der Waals surface area contributed by atoms with Gasteiger partial charge in [-0.2, -0.15) is 0 Å². The number of nitrogens with zero attached hydrogens (tertiary/aromatic N) is 1. The molecule has 1 aliphatic heterocycles. The highest BCUT2D eigenvalue weighted by Gasteiger charge is 2.32. The maximum atomic E-state index is 13.4. The molecule has 4 nitrogen and oxygen atoms in total. The average Bonchev–Trinajstić information content (AvgIpc) is 2.54. The van der Waals surface area contributed by atoms with Crippen molar-refractivity contribution in [1.82, 2.24) is 0 Å². The van der Waals surface area contributed by atoms with Crippen LogP contribution >= 0.6 is 0 Å². The highest BCUT2D eigenvalue weighted by molar-refractivity contribution is 6.08. The lowest BCUT2D eigenvalue weighted by molar-refractivity contribution is -0.125. The third-order valence-electron chi connectivity index (χ3n) is 4.11. The first-order chi connectivity index (χ1) is 11.4. The van der Waals surface area contributed by atoms with E-state index >= 15 is 0 Å². The van der Waals surface area contributed by atoms with E-state index in [-0.39, 0.29) is 24.1 Å². The summed E-state index contributed by atoms with van der Waals surface area (Å²) >= 11 is 0. The van der Waals surface area contributed by atoms with Gasteiger partial charge in [0.25, 0.3) is 5.91 Å². The number of Topliss-reactive ketones (excluding diaryl/α,β-unsaturated/α-hetero) is 1. The summed E-state index contributed by atoms with van der Waals surface area (Å²) in [6.07, 6.45) is -0.651. The van der Waals surface area contributed by atoms with Gasteiger partial charge in [0, 0.05) is 5.56 Å². The highest BCUT2D eigenvalue weighted by atomic mass is 19.1. The molecule has 1 aliphatic rings. The summed E-state index contributed by atoms with van der Waals surface area (Å²) in [4.78, 5) is 26.4. The Kier molecular flexibility index (Phi) is 4.09. The minimum Gasteiger partial charge on any atom is -0.479 e. The van der Waals surface area contributed by atoms with Crippen molar-refractivity contribution in [2.75, 3.05) is 11.4 Å². The van der Waals surface area contributed by atoms with Crippen molar-refractivity contribution in [1.29, 1.82) is 0 Å². The summed E-state index contributed by atoms with van der Waals surface area (Å²) in [7, 11) is 0. The molecule has 1 heterocycles.